The van der Waals surface area contributed by atoms with Crippen LogP contribution in [0.25, 0.3) is 0 Å². The Morgan fingerprint density at radius 1 is 1.10 bits per heavy atom. The molecule has 1 unspecified atom stereocenters. The number of rotatable bonds is 19. The molecule has 0 aliphatic rings. The number of aryl methyl sites for hydroxylation is 1. The third kappa shape index (κ3) is 16.5. The van der Waals surface area contributed by atoms with Crippen LogP contribution < -0.4 is 14.9 Å². The number of ether oxygens (including phenoxy) is 2. The largest absolute Gasteiger partial charge is 0.480 e. The fourth-order valence-corrected chi connectivity index (χ4v) is 5.19. The van der Waals surface area contributed by atoms with Gasteiger partial charge in [-0.05, 0) is 135 Å². The van der Waals surface area contributed by atoms with Crippen molar-refractivity contribution in [2.24, 2.45) is 10.0 Å². The molecule has 2 aromatic carbocycles. The van der Waals surface area contributed by atoms with E-state index in [-0.39, 0.29) is 24.3 Å². The molecule has 1 heterocycles. The third-order valence-electron chi connectivity index (χ3n) is 6.57. The lowest BCUT2D eigenvalue weighted by Gasteiger charge is -2.19. The quantitative estimate of drug-likeness (QED) is 0.0425. The van der Waals surface area contributed by atoms with E-state index in [4.69, 9.17) is 48.6 Å². The summed E-state index contributed by atoms with van der Waals surface area (Å²) in [5.41, 5.74) is 2.20. The third-order valence-corrected chi connectivity index (χ3v) is 10.3. The van der Waals surface area contributed by atoms with E-state index in [0.717, 1.165) is 29.7 Å². The van der Waals surface area contributed by atoms with E-state index in [1.807, 2.05) is 76.2 Å². The zero-order valence-corrected chi connectivity index (χ0v) is 32.4. The van der Waals surface area contributed by atoms with Crippen molar-refractivity contribution in [2.45, 2.75) is 84.2 Å². The number of hydrazone groups is 1. The molecule has 0 aliphatic heterocycles. The van der Waals surface area contributed by atoms with E-state index in [1.54, 1.807) is 19.5 Å². The van der Waals surface area contributed by atoms with E-state index in [0.29, 0.717) is 52.1 Å². The van der Waals surface area contributed by atoms with Crippen LogP contribution in [0.4, 0.5) is 0 Å². The Bertz CT molecular complexity index is 1600. The van der Waals surface area contributed by atoms with Gasteiger partial charge in [0, 0.05) is 26.2 Å². The number of carbonyl (C=O) groups is 2. The standard InChI is InChI=1S/C32H43Cl2N7O5P2S/c1-6-31(44-27-15-13-25(14-16-27)21-36-40(5)48(33,34)49)47-39-46-28-17-11-24(12-18-28)19-20-35-29(42)23-41-22-26(37-38-41)9-7-8-10-30(43)45-32(2,3)4/h11-18,21-22,31H,6-10,19-20,23H2,1-5H3,(H,35,42)/b36-21+. The second kappa shape index (κ2) is 19.9. The normalized spacial score (nSPS) is 12.6. The maximum absolute atomic E-state index is 12.4. The maximum atomic E-state index is 12.4. The van der Waals surface area contributed by atoms with Gasteiger partial charge in [0.1, 0.15) is 17.9 Å². The Kier molecular flexibility index (Phi) is 16.4. The Labute approximate surface area is 304 Å². The SMILES string of the molecule is CCC(Oc1ccc(/C=N/N(C)P(=S)(Cl)Cl)cc1)P=NOc1ccc(CCNC(=O)Cn2cc(CCCCC(=O)OC(C)(C)C)nn2)cc1. The van der Waals surface area contributed by atoms with Crippen LogP contribution >= 0.6 is 35.7 Å². The number of hydrogen-bond donors (Lipinski definition) is 1. The smallest absolute Gasteiger partial charge is 0.306 e. The molecule has 12 nitrogen and oxygen atoms in total. The summed E-state index contributed by atoms with van der Waals surface area (Å²) in [5.74, 6) is 0.769. The highest BCUT2D eigenvalue weighted by atomic mass is 35.9. The van der Waals surface area contributed by atoms with Crippen LogP contribution in [0.15, 0.2) is 64.7 Å². The van der Waals surface area contributed by atoms with Crippen LogP contribution in [0.2, 0.25) is 0 Å². The number of benzene rings is 2. The van der Waals surface area contributed by atoms with Gasteiger partial charge >= 0.3 is 5.97 Å². The van der Waals surface area contributed by atoms with Gasteiger partial charge in [0.15, 0.2) is 11.6 Å². The first-order valence-electron chi connectivity index (χ1n) is 15.8. The van der Waals surface area contributed by atoms with Crippen LogP contribution in [-0.4, -0.2) is 62.9 Å². The number of halogens is 2. The highest BCUT2D eigenvalue weighted by Gasteiger charge is 2.16. The van der Waals surface area contributed by atoms with Crippen molar-refractivity contribution < 1.29 is 23.9 Å². The summed E-state index contributed by atoms with van der Waals surface area (Å²) < 4.78 is 14.3. The zero-order valence-electron chi connectivity index (χ0n) is 28.3. The topological polar surface area (TPSA) is 133 Å². The molecule has 0 aliphatic carbocycles. The fraction of sp³-hybridized carbons (Fsp3) is 0.469. The molecule has 0 fully saturated rings. The van der Waals surface area contributed by atoms with Crippen molar-refractivity contribution in [1.29, 1.82) is 0 Å². The van der Waals surface area contributed by atoms with Gasteiger partial charge < -0.3 is 19.6 Å². The van der Waals surface area contributed by atoms with Crippen LogP contribution in [0, 0.1) is 0 Å². The van der Waals surface area contributed by atoms with E-state index in [2.05, 4.69) is 25.6 Å². The first-order valence-corrected chi connectivity index (χ1v) is 21.3. The molecular formula is C32H43Cl2N7O5P2S. The van der Waals surface area contributed by atoms with Crippen molar-refractivity contribution in [2.75, 3.05) is 13.6 Å². The average molecular weight is 771 g/mol. The van der Waals surface area contributed by atoms with Gasteiger partial charge in [-0.2, -0.15) is 5.10 Å². The lowest BCUT2D eigenvalue weighted by molar-refractivity contribution is -0.154. The molecule has 0 spiro atoms. The van der Waals surface area contributed by atoms with Crippen molar-refractivity contribution in [3.05, 3.63) is 71.5 Å². The highest BCUT2D eigenvalue weighted by molar-refractivity contribution is 8.37. The molecule has 0 saturated heterocycles. The van der Waals surface area contributed by atoms with Gasteiger partial charge in [-0.25, -0.2) is 9.46 Å². The average Bonchev–Trinajstić information content (AvgIpc) is 3.48. The molecule has 1 aromatic heterocycles. The van der Waals surface area contributed by atoms with Gasteiger partial charge in [0.05, 0.1) is 20.3 Å². The number of carbonyl (C=O) groups excluding carboxylic acids is 2. The molecule has 1 amide bonds. The Hall–Kier alpha value is -3.08. The Morgan fingerprint density at radius 3 is 2.45 bits per heavy atom. The number of aromatic nitrogens is 3. The molecule has 266 valence electrons. The van der Waals surface area contributed by atoms with Gasteiger partial charge in [0.2, 0.25) is 10.8 Å². The van der Waals surface area contributed by atoms with E-state index < -0.39 is 10.5 Å². The minimum absolute atomic E-state index is 0.0835. The summed E-state index contributed by atoms with van der Waals surface area (Å²) in [6.07, 6.45) is 7.32. The molecule has 0 saturated carbocycles. The molecule has 0 radical (unpaired) electrons. The molecule has 1 N–H and O–H groups in total. The summed E-state index contributed by atoms with van der Waals surface area (Å²) in [6, 6.07) is 15.0. The minimum Gasteiger partial charge on any atom is -0.480 e. The van der Waals surface area contributed by atoms with E-state index in [9.17, 15) is 9.59 Å². The summed E-state index contributed by atoms with van der Waals surface area (Å²) in [5, 5.41) is 15.3. The molecule has 3 rings (SSSR count). The lowest BCUT2D eigenvalue weighted by atomic mass is 10.1. The second-order valence-electron chi connectivity index (χ2n) is 12.0. The monoisotopic (exact) mass is 769 g/mol. The van der Waals surface area contributed by atoms with Crippen LogP contribution in [0.3, 0.4) is 0 Å². The summed E-state index contributed by atoms with van der Waals surface area (Å²) in [4.78, 5) is 31.4. The van der Waals surface area contributed by atoms with Gasteiger partial charge in [-0.15, -0.1) is 5.10 Å². The number of nitrogens with one attached hydrogen (secondary N) is 1. The summed E-state index contributed by atoms with van der Waals surface area (Å²) in [7, 11) is 2.28. The first-order chi connectivity index (χ1) is 23.2. The molecular weight excluding hydrogens is 727 g/mol. The maximum Gasteiger partial charge on any atom is 0.306 e. The predicted octanol–water partition coefficient (Wildman–Crippen LogP) is 7.90. The van der Waals surface area contributed by atoms with Crippen LogP contribution in [-0.2, 0) is 45.5 Å². The Morgan fingerprint density at radius 2 is 1.80 bits per heavy atom. The van der Waals surface area contributed by atoms with E-state index >= 15 is 0 Å². The van der Waals surface area contributed by atoms with Gasteiger partial charge in [-0.1, -0.05) is 29.2 Å². The van der Waals surface area contributed by atoms with E-state index in [1.165, 1.54) is 9.46 Å². The second-order valence-corrected chi connectivity index (χ2v) is 20.6. The number of amides is 1. The number of esters is 1. The molecule has 49 heavy (non-hydrogen) atoms. The number of hydrogen-bond acceptors (Lipinski definition) is 10. The van der Waals surface area contributed by atoms with Crippen molar-refractivity contribution >= 4 is 65.6 Å². The Balaban J connectivity index is 1.33. The summed E-state index contributed by atoms with van der Waals surface area (Å²) >= 11 is 16.9. The minimum atomic E-state index is -2.65. The predicted molar refractivity (Wildman–Crippen MR) is 199 cm³/mol. The molecule has 17 heteroatoms. The van der Waals surface area contributed by atoms with Crippen LogP contribution in [0.1, 0.15) is 70.2 Å². The summed E-state index contributed by atoms with van der Waals surface area (Å²) in [6.45, 7) is 8.14. The number of unbranched alkanes of at least 4 members (excludes halogenated alkanes) is 1. The lowest BCUT2D eigenvalue weighted by Crippen LogP contribution is -2.29. The number of nitrogens with zero attached hydrogens (tertiary/aromatic N) is 6. The van der Waals surface area contributed by atoms with Crippen molar-refractivity contribution in [3.8, 4) is 11.5 Å². The molecule has 3 aromatic rings. The van der Waals surface area contributed by atoms with Gasteiger partial charge in [0.25, 0.3) is 0 Å². The van der Waals surface area contributed by atoms with Crippen molar-refractivity contribution in [3.63, 3.8) is 0 Å². The molecule has 1 atom stereocenters. The zero-order chi connectivity index (χ0) is 35.9. The molecule has 0 bridgehead atoms. The highest BCUT2D eigenvalue weighted by Crippen LogP contribution is 2.59. The first kappa shape index (κ1) is 40.4. The van der Waals surface area contributed by atoms with Gasteiger partial charge in [-0.3, -0.25) is 9.59 Å². The fourth-order valence-electron chi connectivity index (χ4n) is 4.08. The van der Waals surface area contributed by atoms with Crippen LogP contribution in [0.5, 0.6) is 11.5 Å². The van der Waals surface area contributed by atoms with Crippen molar-refractivity contribution in [1.82, 2.24) is 25.1 Å².